The van der Waals surface area contributed by atoms with E-state index in [1.807, 2.05) is 34.6 Å². The zero-order valence-electron chi connectivity index (χ0n) is 19.0. The van der Waals surface area contributed by atoms with E-state index in [4.69, 9.17) is 4.98 Å². The first-order valence-corrected chi connectivity index (χ1v) is 11.7. The predicted octanol–water partition coefficient (Wildman–Crippen LogP) is 4.23. The van der Waals surface area contributed by atoms with Crippen molar-refractivity contribution in [2.75, 3.05) is 18.4 Å². The molecule has 1 amide bonds. The maximum absolute atomic E-state index is 13.5. The van der Waals surface area contributed by atoms with E-state index in [0.29, 0.717) is 17.8 Å². The summed E-state index contributed by atoms with van der Waals surface area (Å²) in [5, 5.41) is 3.67. The van der Waals surface area contributed by atoms with Crippen molar-refractivity contribution in [1.82, 2.24) is 14.5 Å². The van der Waals surface area contributed by atoms with Crippen molar-refractivity contribution in [2.45, 2.75) is 60.5 Å². The summed E-state index contributed by atoms with van der Waals surface area (Å²) in [5.74, 6) is 0.471. The quantitative estimate of drug-likeness (QED) is 0.647. The monoisotopic (exact) mass is 438 g/mol. The molecule has 0 bridgehead atoms. The van der Waals surface area contributed by atoms with Gasteiger partial charge in [0, 0.05) is 10.6 Å². The number of likely N-dealkylation sites (tertiary alicyclic amines) is 1. The second-order valence-corrected chi connectivity index (χ2v) is 9.89. The van der Waals surface area contributed by atoms with E-state index in [1.54, 1.807) is 15.9 Å². The second-order valence-electron chi connectivity index (χ2n) is 8.69. The highest BCUT2D eigenvalue weighted by molar-refractivity contribution is 7.18. The van der Waals surface area contributed by atoms with Gasteiger partial charge < -0.3 is 5.32 Å². The van der Waals surface area contributed by atoms with E-state index in [9.17, 15) is 9.59 Å². The van der Waals surface area contributed by atoms with Crippen LogP contribution in [0.25, 0.3) is 10.2 Å². The Morgan fingerprint density at radius 2 is 1.74 bits per heavy atom. The number of aromatic nitrogens is 2. The molecule has 1 aromatic carbocycles. The highest BCUT2D eigenvalue weighted by Gasteiger charge is 2.21. The summed E-state index contributed by atoms with van der Waals surface area (Å²) >= 11 is 1.56. The molecule has 0 atom stereocenters. The molecule has 31 heavy (non-hydrogen) atoms. The summed E-state index contributed by atoms with van der Waals surface area (Å²) in [5.41, 5.74) is 4.87. The number of carbonyl (C=O) groups is 1. The van der Waals surface area contributed by atoms with Crippen LogP contribution in [0.15, 0.2) is 16.9 Å². The Morgan fingerprint density at radius 1 is 1.10 bits per heavy atom. The number of nitrogens with one attached hydrogen (secondary N) is 1. The van der Waals surface area contributed by atoms with Crippen molar-refractivity contribution in [3.8, 4) is 0 Å². The van der Waals surface area contributed by atoms with Gasteiger partial charge >= 0.3 is 0 Å². The molecular formula is C24H30N4O2S. The number of amides is 1. The molecule has 0 saturated carbocycles. The van der Waals surface area contributed by atoms with E-state index in [0.717, 1.165) is 63.6 Å². The van der Waals surface area contributed by atoms with Crippen LogP contribution in [-0.4, -0.2) is 33.4 Å². The van der Waals surface area contributed by atoms with Crippen molar-refractivity contribution < 1.29 is 4.79 Å². The second kappa shape index (κ2) is 8.55. The van der Waals surface area contributed by atoms with Crippen LogP contribution in [0.2, 0.25) is 0 Å². The molecule has 4 rings (SSSR count). The maximum Gasteiger partial charge on any atom is 0.263 e. The highest BCUT2D eigenvalue weighted by atomic mass is 32.1. The van der Waals surface area contributed by atoms with Crippen LogP contribution in [0.1, 0.15) is 45.8 Å². The van der Waals surface area contributed by atoms with Gasteiger partial charge in [0.15, 0.2) is 0 Å². The first kappa shape index (κ1) is 21.7. The average molecular weight is 439 g/mol. The van der Waals surface area contributed by atoms with E-state index in [1.165, 1.54) is 0 Å². The smallest absolute Gasteiger partial charge is 0.263 e. The van der Waals surface area contributed by atoms with Crippen LogP contribution in [0.4, 0.5) is 5.69 Å². The minimum atomic E-state index is -0.203. The lowest BCUT2D eigenvalue weighted by molar-refractivity contribution is -0.116. The zero-order chi connectivity index (χ0) is 22.3. The van der Waals surface area contributed by atoms with Crippen LogP contribution in [0.3, 0.4) is 0 Å². The summed E-state index contributed by atoms with van der Waals surface area (Å²) in [6.07, 6.45) is 2.33. The number of fused-ring (bicyclic) bond motifs is 1. The molecule has 164 valence electrons. The molecule has 1 fully saturated rings. The van der Waals surface area contributed by atoms with Gasteiger partial charge in [-0.3, -0.25) is 19.1 Å². The number of anilines is 1. The van der Waals surface area contributed by atoms with Crippen LogP contribution in [0.5, 0.6) is 0 Å². The lowest BCUT2D eigenvalue weighted by atomic mass is 10.1. The van der Waals surface area contributed by atoms with Crippen molar-refractivity contribution in [2.24, 2.45) is 0 Å². The third-order valence-corrected chi connectivity index (χ3v) is 7.28. The number of hydrogen-bond acceptors (Lipinski definition) is 5. The van der Waals surface area contributed by atoms with E-state index < -0.39 is 0 Å². The number of benzene rings is 1. The lowest BCUT2D eigenvalue weighted by Crippen LogP contribution is -2.34. The third-order valence-electron chi connectivity index (χ3n) is 6.17. The lowest BCUT2D eigenvalue weighted by Gasteiger charge is -2.19. The molecule has 0 spiro atoms. The molecule has 1 N–H and O–H groups in total. The number of nitrogens with zero attached hydrogens (tertiary/aromatic N) is 3. The fourth-order valence-corrected chi connectivity index (χ4v) is 5.53. The molecule has 1 aliphatic rings. The number of carbonyl (C=O) groups excluding carboxylic acids is 1. The van der Waals surface area contributed by atoms with Crippen LogP contribution in [-0.2, 0) is 17.9 Å². The predicted molar refractivity (Wildman–Crippen MR) is 127 cm³/mol. The largest absolute Gasteiger partial charge is 0.324 e. The van der Waals surface area contributed by atoms with Crippen molar-refractivity contribution >= 4 is 33.1 Å². The normalized spacial score (nSPS) is 14.5. The third kappa shape index (κ3) is 4.29. The van der Waals surface area contributed by atoms with Gasteiger partial charge in [-0.25, -0.2) is 4.98 Å². The summed E-state index contributed by atoms with van der Waals surface area (Å²) < 4.78 is 1.58. The number of hydrogen-bond donors (Lipinski definition) is 1. The van der Waals surface area contributed by atoms with Gasteiger partial charge in [-0.05, 0) is 77.2 Å². The van der Waals surface area contributed by atoms with E-state index in [2.05, 4.69) is 22.3 Å². The topological polar surface area (TPSA) is 67.2 Å². The van der Waals surface area contributed by atoms with Gasteiger partial charge in [-0.2, -0.15) is 0 Å². The Hall–Kier alpha value is -2.51. The molecule has 1 aliphatic heterocycles. The van der Waals surface area contributed by atoms with E-state index in [-0.39, 0.29) is 18.0 Å². The molecular weight excluding hydrogens is 408 g/mol. The first-order valence-electron chi connectivity index (χ1n) is 10.8. The molecule has 0 radical (unpaired) electrons. The molecule has 3 heterocycles. The molecule has 6 nitrogen and oxygen atoms in total. The standard InChI is InChI=1S/C24H30N4O2S/c1-14-10-15(2)22(16(3)11-14)26-20(29)13-28-19(12-27-8-6-7-9-27)25-23-21(24(28)30)17(4)18(5)31-23/h10-11H,6-9,12-13H2,1-5H3,(H,26,29). The van der Waals surface area contributed by atoms with Gasteiger partial charge in [-0.1, -0.05) is 17.7 Å². The Balaban J connectivity index is 1.71. The SMILES string of the molecule is Cc1cc(C)c(NC(=O)Cn2c(CN3CCCC3)nc3sc(C)c(C)c3c2=O)c(C)c1. The summed E-state index contributed by atoms with van der Waals surface area (Å²) in [6.45, 7) is 12.6. The first-order chi connectivity index (χ1) is 14.7. The molecule has 0 aliphatic carbocycles. The number of aryl methyl sites for hydroxylation is 5. The van der Waals surface area contributed by atoms with Crippen molar-refractivity contribution in [3.63, 3.8) is 0 Å². The minimum absolute atomic E-state index is 0.0357. The van der Waals surface area contributed by atoms with Crippen LogP contribution in [0, 0.1) is 34.6 Å². The molecule has 3 aromatic rings. The van der Waals surface area contributed by atoms with Gasteiger partial charge in [-0.15, -0.1) is 11.3 Å². The summed E-state index contributed by atoms with van der Waals surface area (Å²) in [7, 11) is 0. The Labute approximate surface area is 186 Å². The fourth-order valence-electron chi connectivity index (χ4n) is 4.49. The van der Waals surface area contributed by atoms with Crippen LogP contribution >= 0.6 is 11.3 Å². The van der Waals surface area contributed by atoms with Gasteiger partial charge in [0.1, 0.15) is 17.2 Å². The maximum atomic E-state index is 13.5. The molecule has 1 saturated heterocycles. The van der Waals surface area contributed by atoms with Gasteiger partial charge in [0.05, 0.1) is 11.9 Å². The number of rotatable bonds is 5. The summed E-state index contributed by atoms with van der Waals surface area (Å²) in [4.78, 5) is 35.5. The number of thiophene rings is 1. The van der Waals surface area contributed by atoms with Crippen LogP contribution < -0.4 is 10.9 Å². The zero-order valence-corrected chi connectivity index (χ0v) is 19.8. The van der Waals surface area contributed by atoms with E-state index >= 15 is 0 Å². The Kier molecular flexibility index (Phi) is 5.99. The fraction of sp³-hybridized carbons (Fsp3) is 0.458. The van der Waals surface area contributed by atoms with Crippen molar-refractivity contribution in [3.05, 3.63) is 55.4 Å². The molecule has 2 aromatic heterocycles. The molecule has 0 unspecified atom stereocenters. The van der Waals surface area contributed by atoms with Gasteiger partial charge in [0.25, 0.3) is 5.56 Å². The summed E-state index contributed by atoms with van der Waals surface area (Å²) in [6, 6.07) is 4.11. The Morgan fingerprint density at radius 3 is 2.39 bits per heavy atom. The van der Waals surface area contributed by atoms with Crippen molar-refractivity contribution in [1.29, 1.82) is 0 Å². The minimum Gasteiger partial charge on any atom is -0.324 e. The molecule has 7 heteroatoms. The highest BCUT2D eigenvalue weighted by Crippen LogP contribution is 2.27. The van der Waals surface area contributed by atoms with Gasteiger partial charge in [0.2, 0.25) is 5.91 Å². The average Bonchev–Trinajstić information content (AvgIpc) is 3.29. The Bertz CT molecular complexity index is 1200.